The lowest BCUT2D eigenvalue weighted by molar-refractivity contribution is 0.207. The number of benzene rings is 2. The fourth-order valence-electron chi connectivity index (χ4n) is 2.70. The number of hydrogen-bond acceptors (Lipinski definition) is 3. The number of para-hydroxylation sites is 2. The summed E-state index contributed by atoms with van der Waals surface area (Å²) in [7, 11) is 1.67. The van der Waals surface area contributed by atoms with Gasteiger partial charge in [-0.05, 0) is 37.3 Å². The summed E-state index contributed by atoms with van der Waals surface area (Å²) in [6.45, 7) is 2.52. The zero-order valence-electron chi connectivity index (χ0n) is 15.6. The lowest BCUT2D eigenvalue weighted by atomic mass is 10.2. The first-order chi connectivity index (χ1) is 13.5. The number of imidazole rings is 1. The monoisotopic (exact) mass is 400 g/mol. The number of aryl methyl sites for hydroxylation is 1. The van der Waals surface area contributed by atoms with Gasteiger partial charge in [-0.3, -0.25) is 4.57 Å². The van der Waals surface area contributed by atoms with Crippen LogP contribution in [0, 0.1) is 6.92 Å². The first-order valence-electron chi connectivity index (χ1n) is 8.72. The summed E-state index contributed by atoms with van der Waals surface area (Å²) < 4.78 is 7.13. The molecule has 0 saturated carbocycles. The summed E-state index contributed by atoms with van der Waals surface area (Å²) in [5.74, 6) is 0.647. The highest BCUT2D eigenvalue weighted by Gasteiger charge is 2.14. The van der Waals surface area contributed by atoms with Crippen LogP contribution >= 0.6 is 11.6 Å². The van der Waals surface area contributed by atoms with Gasteiger partial charge < -0.3 is 19.9 Å². The van der Waals surface area contributed by atoms with Gasteiger partial charge in [0.25, 0.3) is 0 Å². The number of H-pyrrole nitrogens is 1. The number of halogens is 1. The molecule has 0 fully saturated rings. The van der Waals surface area contributed by atoms with E-state index >= 15 is 0 Å². The standard InChI is InChI=1S/C20H21ClN4O3/c1-14-13-22-19(26)25(14)18-9-4-3-8-17(18)23-20(27)24(2)10-11-28-16-7-5-6-15(21)12-16/h3-9,12-13H,10-11H2,1-2H3,(H,22,26)(H,23,27). The molecule has 2 aromatic carbocycles. The van der Waals surface area contributed by atoms with Crippen LogP contribution in [0.5, 0.6) is 5.75 Å². The highest BCUT2D eigenvalue weighted by molar-refractivity contribution is 6.30. The van der Waals surface area contributed by atoms with Gasteiger partial charge in [-0.15, -0.1) is 0 Å². The molecular weight excluding hydrogens is 380 g/mol. The minimum Gasteiger partial charge on any atom is -0.492 e. The summed E-state index contributed by atoms with van der Waals surface area (Å²) in [6, 6.07) is 13.9. The number of amides is 2. The zero-order chi connectivity index (χ0) is 20.1. The fraction of sp³-hybridized carbons (Fsp3) is 0.200. The molecule has 3 aromatic rings. The number of hydrogen-bond donors (Lipinski definition) is 2. The molecule has 0 saturated heterocycles. The van der Waals surface area contributed by atoms with Crippen molar-refractivity contribution in [2.75, 3.05) is 25.5 Å². The van der Waals surface area contributed by atoms with Crippen molar-refractivity contribution >= 4 is 23.3 Å². The number of carbonyl (C=O) groups is 1. The number of ether oxygens (including phenoxy) is 1. The second-order valence-corrected chi connectivity index (χ2v) is 6.68. The maximum Gasteiger partial charge on any atom is 0.330 e. The first kappa shape index (κ1) is 19.6. The second-order valence-electron chi connectivity index (χ2n) is 6.25. The Hall–Kier alpha value is -3.19. The summed E-state index contributed by atoms with van der Waals surface area (Å²) in [6.07, 6.45) is 1.63. The van der Waals surface area contributed by atoms with Crippen LogP contribution < -0.4 is 15.7 Å². The van der Waals surface area contributed by atoms with Gasteiger partial charge in [0.15, 0.2) is 0 Å². The average molecular weight is 401 g/mol. The van der Waals surface area contributed by atoms with E-state index in [1.165, 1.54) is 9.47 Å². The molecule has 1 heterocycles. The highest BCUT2D eigenvalue weighted by atomic mass is 35.5. The molecule has 28 heavy (non-hydrogen) atoms. The van der Waals surface area contributed by atoms with Crippen molar-refractivity contribution in [3.8, 4) is 11.4 Å². The number of rotatable bonds is 6. The molecule has 1 aromatic heterocycles. The van der Waals surface area contributed by atoms with Crippen LogP contribution in [0.3, 0.4) is 0 Å². The van der Waals surface area contributed by atoms with Crippen LogP contribution in [0.15, 0.2) is 59.5 Å². The van der Waals surface area contributed by atoms with Crippen LogP contribution in [-0.4, -0.2) is 40.7 Å². The third-order valence-corrected chi connectivity index (χ3v) is 4.42. The van der Waals surface area contributed by atoms with Gasteiger partial charge >= 0.3 is 11.7 Å². The smallest absolute Gasteiger partial charge is 0.330 e. The van der Waals surface area contributed by atoms with Crippen molar-refractivity contribution in [3.63, 3.8) is 0 Å². The topological polar surface area (TPSA) is 79.4 Å². The summed E-state index contributed by atoms with van der Waals surface area (Å²) >= 11 is 5.93. The Bertz CT molecular complexity index is 1030. The molecule has 0 aliphatic carbocycles. The van der Waals surface area contributed by atoms with E-state index in [2.05, 4.69) is 10.3 Å². The molecule has 0 aliphatic rings. The van der Waals surface area contributed by atoms with E-state index in [1.54, 1.807) is 55.7 Å². The number of urea groups is 1. The molecule has 0 aliphatic heterocycles. The minimum atomic E-state index is -0.302. The van der Waals surface area contributed by atoms with E-state index < -0.39 is 0 Å². The van der Waals surface area contributed by atoms with Gasteiger partial charge in [-0.2, -0.15) is 0 Å². The van der Waals surface area contributed by atoms with Crippen molar-refractivity contribution < 1.29 is 9.53 Å². The molecule has 7 nitrogen and oxygen atoms in total. The number of nitrogens with zero attached hydrogens (tertiary/aromatic N) is 2. The molecule has 2 amide bonds. The van der Waals surface area contributed by atoms with Crippen molar-refractivity contribution in [1.82, 2.24) is 14.5 Å². The van der Waals surface area contributed by atoms with Gasteiger partial charge in [0.1, 0.15) is 12.4 Å². The van der Waals surface area contributed by atoms with Gasteiger partial charge in [0.05, 0.1) is 17.9 Å². The van der Waals surface area contributed by atoms with Crippen molar-refractivity contribution in [1.29, 1.82) is 0 Å². The van der Waals surface area contributed by atoms with Crippen LogP contribution in [0.4, 0.5) is 10.5 Å². The number of aromatic nitrogens is 2. The summed E-state index contributed by atoms with van der Waals surface area (Å²) in [5, 5.41) is 3.44. The molecule has 0 radical (unpaired) electrons. The number of likely N-dealkylation sites (N-methyl/N-ethyl adjacent to an activating group) is 1. The Morgan fingerprint density at radius 1 is 1.25 bits per heavy atom. The maximum absolute atomic E-state index is 12.5. The highest BCUT2D eigenvalue weighted by Crippen LogP contribution is 2.20. The van der Waals surface area contributed by atoms with E-state index in [4.69, 9.17) is 16.3 Å². The molecule has 8 heteroatoms. The molecule has 2 N–H and O–H groups in total. The van der Waals surface area contributed by atoms with Gasteiger partial charge in [0.2, 0.25) is 0 Å². The third kappa shape index (κ3) is 4.55. The van der Waals surface area contributed by atoms with Crippen LogP contribution in [0.2, 0.25) is 5.02 Å². The van der Waals surface area contributed by atoms with Crippen LogP contribution in [-0.2, 0) is 0 Å². The molecule has 146 valence electrons. The normalized spacial score (nSPS) is 10.5. The second kappa shape index (κ2) is 8.67. The Kier molecular flexibility index (Phi) is 6.06. The minimum absolute atomic E-state index is 0.262. The Morgan fingerprint density at radius 2 is 2.04 bits per heavy atom. The third-order valence-electron chi connectivity index (χ3n) is 4.19. The fourth-order valence-corrected chi connectivity index (χ4v) is 2.88. The van der Waals surface area contributed by atoms with Crippen molar-refractivity contribution in [2.45, 2.75) is 6.92 Å². The lowest BCUT2D eigenvalue weighted by Gasteiger charge is -2.20. The molecule has 0 spiro atoms. The molecule has 0 bridgehead atoms. The first-order valence-corrected chi connectivity index (χ1v) is 9.10. The summed E-state index contributed by atoms with van der Waals surface area (Å²) in [5.41, 5.74) is 1.63. The molecular formula is C20H21ClN4O3. The largest absolute Gasteiger partial charge is 0.492 e. The zero-order valence-corrected chi connectivity index (χ0v) is 16.4. The number of carbonyl (C=O) groups excluding carboxylic acids is 1. The molecule has 3 rings (SSSR count). The maximum atomic E-state index is 12.5. The van der Waals surface area contributed by atoms with E-state index in [1.807, 2.05) is 13.0 Å². The number of anilines is 1. The van der Waals surface area contributed by atoms with Gasteiger partial charge in [0, 0.05) is 24.0 Å². The van der Waals surface area contributed by atoms with Crippen molar-refractivity contribution in [3.05, 3.63) is 75.9 Å². The Morgan fingerprint density at radius 3 is 2.75 bits per heavy atom. The average Bonchev–Trinajstić information content (AvgIpc) is 3.00. The van der Waals surface area contributed by atoms with E-state index in [0.717, 1.165) is 5.69 Å². The Balaban J connectivity index is 1.64. The molecule has 0 atom stereocenters. The van der Waals surface area contributed by atoms with Gasteiger partial charge in [-0.1, -0.05) is 29.8 Å². The van der Waals surface area contributed by atoms with Crippen molar-refractivity contribution in [2.24, 2.45) is 0 Å². The molecule has 0 unspecified atom stereocenters. The quantitative estimate of drug-likeness (QED) is 0.662. The van der Waals surface area contributed by atoms with Crippen LogP contribution in [0.25, 0.3) is 5.69 Å². The van der Waals surface area contributed by atoms with Crippen LogP contribution in [0.1, 0.15) is 5.69 Å². The van der Waals surface area contributed by atoms with Gasteiger partial charge in [-0.25, -0.2) is 9.59 Å². The van der Waals surface area contributed by atoms with E-state index in [0.29, 0.717) is 35.3 Å². The van der Waals surface area contributed by atoms with E-state index in [-0.39, 0.29) is 11.7 Å². The predicted molar refractivity (Wildman–Crippen MR) is 110 cm³/mol. The Labute approximate surface area is 167 Å². The predicted octanol–water partition coefficient (Wildman–Crippen LogP) is 3.67. The summed E-state index contributed by atoms with van der Waals surface area (Å²) in [4.78, 5) is 28.8. The lowest BCUT2D eigenvalue weighted by Crippen LogP contribution is -2.35. The number of aromatic amines is 1. The number of nitrogens with one attached hydrogen (secondary N) is 2. The SMILES string of the molecule is Cc1c[nH]c(=O)n1-c1ccccc1NC(=O)N(C)CCOc1cccc(Cl)c1. The van der Waals surface area contributed by atoms with E-state index in [9.17, 15) is 9.59 Å².